The molecular weight excluding hydrogens is 191 g/mol. The molecule has 1 unspecified atom stereocenters. The first kappa shape index (κ1) is 11.8. The third-order valence-electron chi connectivity index (χ3n) is 2.49. The first-order chi connectivity index (χ1) is 7.00. The minimum Gasteiger partial charge on any atom is -0.481 e. The molecule has 1 aromatic rings. The Morgan fingerprint density at radius 3 is 2.13 bits per heavy atom. The molecule has 82 valence electrons. The number of benzene rings is 1. The molecular formula is C13H18O2. The Labute approximate surface area is 90.9 Å². The molecule has 1 aromatic carbocycles. The number of hydrogen-bond acceptors (Lipinski definition) is 1. The van der Waals surface area contributed by atoms with Gasteiger partial charge in [0, 0.05) is 0 Å². The number of carbonyl (C=O) groups is 1. The highest BCUT2D eigenvalue weighted by Gasteiger charge is 2.12. The molecule has 15 heavy (non-hydrogen) atoms. The average Bonchev–Trinajstić information content (AvgIpc) is 2.17. The summed E-state index contributed by atoms with van der Waals surface area (Å²) >= 11 is 0. The quantitative estimate of drug-likeness (QED) is 0.774. The molecule has 0 fully saturated rings. The number of carboxylic acids is 1. The highest BCUT2D eigenvalue weighted by atomic mass is 16.5. The van der Waals surface area contributed by atoms with Crippen LogP contribution in [-0.4, -0.2) is 11.1 Å². The fourth-order valence-electron chi connectivity index (χ4n) is 1.56. The lowest BCUT2D eigenvalue weighted by atomic mass is 10.0. The van der Waals surface area contributed by atoms with Crippen LogP contribution in [0.4, 0.5) is 0 Å². The van der Waals surface area contributed by atoms with Crippen LogP contribution in [0.25, 0.3) is 0 Å². The molecule has 0 radical (unpaired) electrons. The number of rotatable bonds is 4. The van der Waals surface area contributed by atoms with E-state index in [1.807, 2.05) is 24.3 Å². The van der Waals surface area contributed by atoms with Gasteiger partial charge in [-0.05, 0) is 30.4 Å². The van der Waals surface area contributed by atoms with Crippen LogP contribution in [0.1, 0.15) is 37.8 Å². The molecule has 2 nitrogen and oxygen atoms in total. The van der Waals surface area contributed by atoms with Gasteiger partial charge in [-0.3, -0.25) is 4.79 Å². The van der Waals surface area contributed by atoms with Gasteiger partial charge >= 0.3 is 5.97 Å². The van der Waals surface area contributed by atoms with Crippen molar-refractivity contribution in [2.24, 2.45) is 5.92 Å². The summed E-state index contributed by atoms with van der Waals surface area (Å²) in [5.41, 5.74) is 2.14. The highest BCUT2D eigenvalue weighted by Crippen LogP contribution is 2.17. The molecule has 1 rings (SSSR count). The maximum absolute atomic E-state index is 10.8. The van der Waals surface area contributed by atoms with Gasteiger partial charge < -0.3 is 5.11 Å². The Morgan fingerprint density at radius 1 is 1.20 bits per heavy atom. The van der Waals surface area contributed by atoms with E-state index in [0.717, 1.165) is 12.0 Å². The first-order valence-electron chi connectivity index (χ1n) is 5.32. The van der Waals surface area contributed by atoms with Crippen LogP contribution in [0.2, 0.25) is 0 Å². The van der Waals surface area contributed by atoms with Crippen molar-refractivity contribution in [2.45, 2.75) is 33.1 Å². The molecule has 1 N–H and O–H groups in total. The van der Waals surface area contributed by atoms with E-state index in [1.54, 1.807) is 6.92 Å². The van der Waals surface area contributed by atoms with Gasteiger partial charge in [-0.1, -0.05) is 38.1 Å². The summed E-state index contributed by atoms with van der Waals surface area (Å²) in [6.45, 7) is 6.06. The Balaban J connectivity index is 2.76. The fraction of sp³-hybridized carbons (Fsp3) is 0.462. The molecule has 0 heterocycles. The first-order valence-corrected chi connectivity index (χ1v) is 5.32. The zero-order chi connectivity index (χ0) is 11.4. The molecule has 1 atom stereocenters. The van der Waals surface area contributed by atoms with Gasteiger partial charge in [0.25, 0.3) is 0 Å². The fourth-order valence-corrected chi connectivity index (χ4v) is 1.56. The zero-order valence-corrected chi connectivity index (χ0v) is 9.53. The van der Waals surface area contributed by atoms with Gasteiger partial charge in [-0.2, -0.15) is 0 Å². The van der Waals surface area contributed by atoms with Crippen LogP contribution in [0.3, 0.4) is 0 Å². The van der Waals surface area contributed by atoms with Crippen molar-refractivity contribution in [1.29, 1.82) is 0 Å². The van der Waals surface area contributed by atoms with Crippen molar-refractivity contribution >= 4 is 5.97 Å². The lowest BCUT2D eigenvalue weighted by Gasteiger charge is -2.09. The Morgan fingerprint density at radius 2 is 1.73 bits per heavy atom. The van der Waals surface area contributed by atoms with Gasteiger partial charge in [0.1, 0.15) is 0 Å². The lowest BCUT2D eigenvalue weighted by Crippen LogP contribution is -2.07. The minimum absolute atomic E-state index is 0.418. The molecule has 0 spiro atoms. The van der Waals surface area contributed by atoms with Crippen LogP contribution < -0.4 is 0 Å². The van der Waals surface area contributed by atoms with Crippen molar-refractivity contribution in [3.8, 4) is 0 Å². The van der Waals surface area contributed by atoms with E-state index in [1.165, 1.54) is 5.56 Å². The summed E-state index contributed by atoms with van der Waals surface area (Å²) in [7, 11) is 0. The van der Waals surface area contributed by atoms with E-state index in [4.69, 9.17) is 5.11 Å². The third-order valence-corrected chi connectivity index (χ3v) is 2.49. The van der Waals surface area contributed by atoms with Crippen LogP contribution in [0.15, 0.2) is 24.3 Å². The summed E-state index contributed by atoms with van der Waals surface area (Å²) in [4.78, 5) is 10.8. The molecule has 0 amide bonds. The zero-order valence-electron chi connectivity index (χ0n) is 9.53. The topological polar surface area (TPSA) is 37.3 Å². The van der Waals surface area contributed by atoms with Crippen LogP contribution >= 0.6 is 0 Å². The third kappa shape index (κ3) is 3.39. The van der Waals surface area contributed by atoms with Gasteiger partial charge in [0.15, 0.2) is 0 Å². The second-order valence-electron chi connectivity index (χ2n) is 4.40. The summed E-state index contributed by atoms with van der Waals surface area (Å²) in [6.07, 6.45) is 1.04. The minimum atomic E-state index is -0.772. The normalized spacial score (nSPS) is 12.8. The van der Waals surface area contributed by atoms with Crippen molar-refractivity contribution in [3.63, 3.8) is 0 Å². The van der Waals surface area contributed by atoms with Crippen molar-refractivity contribution in [2.75, 3.05) is 0 Å². The predicted octanol–water partition coefficient (Wildman–Crippen LogP) is 3.07. The van der Waals surface area contributed by atoms with E-state index in [-0.39, 0.29) is 0 Å². The summed E-state index contributed by atoms with van der Waals surface area (Å²) < 4.78 is 0. The monoisotopic (exact) mass is 209 g/mol. The summed E-state index contributed by atoms with van der Waals surface area (Å²) in [5.74, 6) is -0.558. The second-order valence-corrected chi connectivity index (χ2v) is 4.40. The van der Waals surface area contributed by atoms with E-state index in [2.05, 4.69) is 13.8 Å². The van der Waals surface area contributed by atoms with E-state index < -0.39 is 11.9 Å². The molecule has 2 heteroatoms. The molecule has 0 aliphatic carbocycles. The van der Waals surface area contributed by atoms with E-state index in [0.29, 0.717) is 5.92 Å². The molecule has 0 aliphatic rings. The number of carboxylic acid groups (broad SMARTS) is 1. The molecule has 0 saturated carbocycles. The summed E-state index contributed by atoms with van der Waals surface area (Å²) in [5, 5.41) is 8.85. The van der Waals surface area contributed by atoms with Crippen molar-refractivity contribution < 1.29 is 9.90 Å². The van der Waals surface area contributed by atoms with Gasteiger partial charge in [-0.15, -0.1) is 0 Å². The number of hydrogen-bond donors (Lipinski definition) is 1. The molecule has 0 bridgehead atoms. The van der Waals surface area contributed by atoms with E-state index in [9.17, 15) is 4.79 Å². The van der Waals surface area contributed by atoms with Crippen LogP contribution in [0.5, 0.6) is 0 Å². The molecule has 0 saturated heterocycles. The lowest BCUT2D eigenvalue weighted by molar-refractivity contribution is -0.138. The van der Waals surface area contributed by atoms with E-state index >= 15 is 0 Å². The van der Waals surface area contributed by atoms with Gasteiger partial charge in [0.05, 0.1) is 5.92 Å². The Bertz CT molecular complexity index is 325. The maximum Gasteiger partial charge on any atom is 0.310 e. The van der Waals surface area contributed by atoms with Crippen LogP contribution in [-0.2, 0) is 11.2 Å². The highest BCUT2D eigenvalue weighted by molar-refractivity contribution is 5.75. The molecule has 0 aromatic heterocycles. The van der Waals surface area contributed by atoms with Crippen LogP contribution in [0, 0.1) is 5.92 Å². The maximum atomic E-state index is 10.8. The predicted molar refractivity (Wildman–Crippen MR) is 61.0 cm³/mol. The van der Waals surface area contributed by atoms with Crippen molar-refractivity contribution in [1.82, 2.24) is 0 Å². The largest absolute Gasteiger partial charge is 0.481 e. The van der Waals surface area contributed by atoms with Gasteiger partial charge in [0.2, 0.25) is 0 Å². The Hall–Kier alpha value is -1.31. The van der Waals surface area contributed by atoms with Crippen molar-refractivity contribution in [3.05, 3.63) is 35.4 Å². The smallest absolute Gasteiger partial charge is 0.310 e. The Kier molecular flexibility index (Phi) is 3.89. The average molecular weight is 209 g/mol. The summed E-state index contributed by atoms with van der Waals surface area (Å²) in [6, 6.07) is 7.87. The molecule has 0 aliphatic heterocycles. The van der Waals surface area contributed by atoms with Gasteiger partial charge in [-0.25, -0.2) is 0 Å². The SMILES string of the molecule is CC(C)Cc1ccc([13CH]([13CH3])[13C](=O)O)cc1. The second kappa shape index (κ2) is 4.96. The standard InChI is InChI=1S/C13H18O2/c1-9(2)8-11-4-6-12(7-5-11)10(3)13(14)15/h4-7,9-10H,8H2,1-3H3,(H,14,15)/i3+1,10+1,13+1. The number of aliphatic carboxylic acids is 1.